The smallest absolute Gasteiger partial charge is 0.302 e. The molecule has 19 heavy (non-hydrogen) atoms. The van der Waals surface area contributed by atoms with Crippen LogP contribution in [0.3, 0.4) is 0 Å². The summed E-state index contributed by atoms with van der Waals surface area (Å²) in [6.07, 6.45) is 0. The Labute approximate surface area is 128 Å². The lowest BCUT2D eigenvalue weighted by molar-refractivity contribution is -0.132. The minimum absolute atomic E-state index is 0.0590. The van der Waals surface area contributed by atoms with Crippen LogP contribution in [0, 0.1) is 0 Å². The molecule has 0 bridgehead atoms. The molecule has 0 spiro atoms. The number of rotatable bonds is 10. The third-order valence-corrected chi connectivity index (χ3v) is 5.82. The van der Waals surface area contributed by atoms with E-state index >= 15 is 0 Å². The number of hydrogen-bond donors (Lipinski definition) is 0. The van der Waals surface area contributed by atoms with E-state index in [4.69, 9.17) is 8.85 Å². The molecular formula is C12H28O3S2Si2. The molecular weight excluding hydrogens is 312 g/mol. The normalized spacial score (nSPS) is 12.5. The molecule has 0 aliphatic carbocycles. The molecule has 0 aromatic rings. The Bertz CT molecular complexity index is 263. The molecule has 0 rings (SSSR count). The summed E-state index contributed by atoms with van der Waals surface area (Å²) in [7, 11) is -3.05. The summed E-state index contributed by atoms with van der Waals surface area (Å²) in [5.41, 5.74) is 0. The standard InChI is InChI=1S/C12H28O3S2Si2/c1-18(2,3)14-7-8-16-9-10-17-11-12(13)15-19(4,5)6/h7-11H2,1-6H3. The summed E-state index contributed by atoms with van der Waals surface area (Å²) >= 11 is 3.55. The van der Waals surface area contributed by atoms with Gasteiger partial charge < -0.3 is 8.85 Å². The van der Waals surface area contributed by atoms with Crippen LogP contribution in [0.25, 0.3) is 0 Å². The highest BCUT2D eigenvalue weighted by Gasteiger charge is 2.19. The highest BCUT2D eigenvalue weighted by Crippen LogP contribution is 2.11. The van der Waals surface area contributed by atoms with Gasteiger partial charge in [0.05, 0.1) is 5.75 Å². The van der Waals surface area contributed by atoms with Gasteiger partial charge >= 0.3 is 5.97 Å². The van der Waals surface area contributed by atoms with Crippen molar-refractivity contribution >= 4 is 46.1 Å². The summed E-state index contributed by atoms with van der Waals surface area (Å²) in [6.45, 7) is 13.6. The van der Waals surface area contributed by atoms with E-state index in [0.717, 1.165) is 23.9 Å². The van der Waals surface area contributed by atoms with Crippen molar-refractivity contribution in [3.05, 3.63) is 0 Å². The molecule has 0 amide bonds. The molecule has 114 valence electrons. The number of carbonyl (C=O) groups excluding carboxylic acids is 1. The average molecular weight is 341 g/mol. The third-order valence-electron chi connectivity index (χ3n) is 1.77. The van der Waals surface area contributed by atoms with Crippen molar-refractivity contribution in [3.63, 3.8) is 0 Å². The van der Waals surface area contributed by atoms with Crippen LogP contribution in [0.2, 0.25) is 39.3 Å². The van der Waals surface area contributed by atoms with E-state index in [1.54, 1.807) is 11.8 Å². The zero-order chi connectivity index (χ0) is 14.9. The molecule has 0 aliphatic rings. The van der Waals surface area contributed by atoms with Crippen LogP contribution in [0.5, 0.6) is 0 Å². The van der Waals surface area contributed by atoms with Gasteiger partial charge in [-0.3, -0.25) is 4.79 Å². The van der Waals surface area contributed by atoms with Crippen molar-refractivity contribution in [1.29, 1.82) is 0 Å². The van der Waals surface area contributed by atoms with Gasteiger partial charge in [0, 0.05) is 23.9 Å². The number of hydrogen-bond acceptors (Lipinski definition) is 5. The molecule has 3 nitrogen and oxygen atoms in total. The first kappa shape index (κ1) is 19.6. The van der Waals surface area contributed by atoms with Crippen molar-refractivity contribution in [3.8, 4) is 0 Å². The van der Waals surface area contributed by atoms with Gasteiger partial charge in [-0.1, -0.05) is 0 Å². The first-order valence-electron chi connectivity index (χ1n) is 6.61. The molecule has 0 fully saturated rings. The second-order valence-electron chi connectivity index (χ2n) is 6.21. The van der Waals surface area contributed by atoms with Crippen LogP contribution in [0.1, 0.15) is 0 Å². The summed E-state index contributed by atoms with van der Waals surface area (Å²) in [5, 5.41) is 0. The maximum Gasteiger partial charge on any atom is 0.302 e. The molecule has 0 aromatic heterocycles. The van der Waals surface area contributed by atoms with Crippen LogP contribution < -0.4 is 0 Å². The van der Waals surface area contributed by atoms with Crippen LogP contribution >= 0.6 is 23.5 Å². The van der Waals surface area contributed by atoms with Crippen molar-refractivity contribution in [1.82, 2.24) is 0 Å². The van der Waals surface area contributed by atoms with E-state index in [1.165, 1.54) is 0 Å². The zero-order valence-corrected chi connectivity index (χ0v) is 16.7. The Morgan fingerprint density at radius 2 is 1.47 bits per heavy atom. The molecule has 0 atom stereocenters. The van der Waals surface area contributed by atoms with Crippen LogP contribution in [-0.4, -0.2) is 52.2 Å². The maximum absolute atomic E-state index is 11.5. The fourth-order valence-electron chi connectivity index (χ4n) is 1.15. The Balaban J connectivity index is 3.35. The molecule has 0 aliphatic heterocycles. The van der Waals surface area contributed by atoms with Crippen LogP contribution in [0.15, 0.2) is 0 Å². The van der Waals surface area contributed by atoms with E-state index in [1.807, 2.05) is 31.4 Å². The SMILES string of the molecule is C[Si](C)(C)OCCSCCSCC(=O)O[Si](C)(C)C. The predicted molar refractivity (Wildman–Crippen MR) is 93.4 cm³/mol. The lowest BCUT2D eigenvalue weighted by Gasteiger charge is -2.17. The van der Waals surface area contributed by atoms with Gasteiger partial charge in [-0.25, -0.2) is 0 Å². The second kappa shape index (κ2) is 9.49. The average Bonchev–Trinajstić information content (AvgIpc) is 2.17. The van der Waals surface area contributed by atoms with Gasteiger partial charge in [0.15, 0.2) is 8.32 Å². The van der Waals surface area contributed by atoms with E-state index in [0.29, 0.717) is 5.75 Å². The first-order valence-corrected chi connectivity index (χ1v) is 15.7. The fourth-order valence-corrected chi connectivity index (χ4v) is 4.59. The number of thioether (sulfide) groups is 2. The van der Waals surface area contributed by atoms with Gasteiger partial charge in [-0.2, -0.15) is 11.8 Å². The van der Waals surface area contributed by atoms with Gasteiger partial charge in [0.1, 0.15) is 0 Å². The van der Waals surface area contributed by atoms with Gasteiger partial charge in [-0.05, 0) is 39.3 Å². The largest absolute Gasteiger partial charge is 0.519 e. The topological polar surface area (TPSA) is 35.5 Å². The Hall–Kier alpha value is 0.564. The molecule has 0 aromatic carbocycles. The molecule has 0 saturated carbocycles. The van der Waals surface area contributed by atoms with Gasteiger partial charge in [0.25, 0.3) is 0 Å². The van der Waals surface area contributed by atoms with Crippen LogP contribution in [-0.2, 0) is 13.6 Å². The lowest BCUT2D eigenvalue weighted by Crippen LogP contribution is -2.30. The zero-order valence-electron chi connectivity index (χ0n) is 13.1. The molecule has 0 radical (unpaired) electrons. The summed E-state index contributed by atoms with van der Waals surface area (Å²) in [4.78, 5) is 11.5. The fraction of sp³-hybridized carbons (Fsp3) is 0.917. The van der Waals surface area contributed by atoms with Gasteiger partial charge in [-0.15, -0.1) is 11.8 Å². The summed E-state index contributed by atoms with van der Waals surface area (Å²) in [5.74, 6) is 3.54. The van der Waals surface area contributed by atoms with E-state index < -0.39 is 16.6 Å². The third kappa shape index (κ3) is 16.5. The Morgan fingerprint density at radius 3 is 2.00 bits per heavy atom. The summed E-state index contributed by atoms with van der Waals surface area (Å²) in [6, 6.07) is 0. The minimum atomic E-state index is -1.71. The maximum atomic E-state index is 11.5. The second-order valence-corrected chi connectivity index (χ2v) is 17.5. The highest BCUT2D eigenvalue weighted by atomic mass is 32.2. The number of carbonyl (C=O) groups is 1. The molecule has 0 saturated heterocycles. The molecule has 0 heterocycles. The highest BCUT2D eigenvalue weighted by molar-refractivity contribution is 8.03. The predicted octanol–water partition coefficient (Wildman–Crippen LogP) is 3.68. The molecule has 7 heteroatoms. The van der Waals surface area contributed by atoms with E-state index in [2.05, 4.69) is 19.6 Å². The Kier molecular flexibility index (Phi) is 9.77. The van der Waals surface area contributed by atoms with E-state index in [-0.39, 0.29) is 5.97 Å². The molecule has 0 unspecified atom stereocenters. The minimum Gasteiger partial charge on any atom is -0.519 e. The van der Waals surface area contributed by atoms with Gasteiger partial charge in [0.2, 0.25) is 8.32 Å². The lowest BCUT2D eigenvalue weighted by atomic mass is 10.8. The van der Waals surface area contributed by atoms with Crippen molar-refractivity contribution in [2.24, 2.45) is 0 Å². The van der Waals surface area contributed by atoms with Crippen molar-refractivity contribution in [2.75, 3.05) is 29.6 Å². The summed E-state index contributed by atoms with van der Waals surface area (Å²) < 4.78 is 11.1. The Morgan fingerprint density at radius 1 is 0.895 bits per heavy atom. The quantitative estimate of drug-likeness (QED) is 0.448. The van der Waals surface area contributed by atoms with Crippen LogP contribution in [0.4, 0.5) is 0 Å². The van der Waals surface area contributed by atoms with E-state index in [9.17, 15) is 4.79 Å². The van der Waals surface area contributed by atoms with Crippen molar-refractivity contribution < 1.29 is 13.6 Å². The first-order chi connectivity index (χ1) is 8.60. The monoisotopic (exact) mass is 340 g/mol. The van der Waals surface area contributed by atoms with Crippen molar-refractivity contribution in [2.45, 2.75) is 39.3 Å². The molecule has 0 N–H and O–H groups in total.